The molecule has 1 aromatic heterocycles. The number of aromatic nitrogens is 2. The number of ether oxygens (including phenoxy) is 2. The summed E-state index contributed by atoms with van der Waals surface area (Å²) in [6.45, 7) is 4.07. The predicted octanol–water partition coefficient (Wildman–Crippen LogP) is 2.21. The van der Waals surface area contributed by atoms with Crippen LogP contribution in [-0.4, -0.2) is 66.7 Å². The molecule has 1 unspecified atom stereocenters. The van der Waals surface area contributed by atoms with Crippen molar-refractivity contribution >= 4 is 5.95 Å². The number of nitrogens with zero attached hydrogens (tertiary/aromatic N) is 4. The minimum absolute atomic E-state index is 0.329. The maximum Gasteiger partial charge on any atom is 0.219 e. The molecule has 0 amide bonds. The molecule has 1 aliphatic heterocycles. The Labute approximate surface area is 167 Å². The van der Waals surface area contributed by atoms with Gasteiger partial charge in [0, 0.05) is 43.6 Å². The number of methoxy groups -OCH3 is 2. The summed E-state index contributed by atoms with van der Waals surface area (Å²) in [5, 5.41) is 0. The average Bonchev–Trinajstić information content (AvgIpc) is 2.73. The van der Waals surface area contributed by atoms with Gasteiger partial charge in [-0.15, -0.1) is 0 Å². The summed E-state index contributed by atoms with van der Waals surface area (Å²) in [7, 11) is 5.56. The van der Waals surface area contributed by atoms with Gasteiger partial charge >= 0.3 is 0 Å². The number of likely N-dealkylation sites (tertiary alicyclic amines) is 1. The predicted molar refractivity (Wildman–Crippen MR) is 111 cm³/mol. The lowest BCUT2D eigenvalue weighted by Crippen LogP contribution is -2.46. The zero-order chi connectivity index (χ0) is 19.9. The Hall–Kier alpha value is -2.38. The molecule has 7 nitrogen and oxygen atoms in total. The monoisotopic (exact) mass is 385 g/mol. The summed E-state index contributed by atoms with van der Waals surface area (Å²) >= 11 is 0. The van der Waals surface area contributed by atoms with Crippen LogP contribution in [-0.2, 0) is 13.0 Å². The summed E-state index contributed by atoms with van der Waals surface area (Å²) in [6.07, 6.45) is 7.08. The van der Waals surface area contributed by atoms with Crippen molar-refractivity contribution in [2.45, 2.75) is 31.8 Å². The largest absolute Gasteiger partial charge is 0.493 e. The second-order valence-electron chi connectivity index (χ2n) is 7.40. The van der Waals surface area contributed by atoms with Gasteiger partial charge < -0.3 is 20.1 Å². The molecule has 1 aromatic carbocycles. The van der Waals surface area contributed by atoms with Crippen molar-refractivity contribution in [2.75, 3.05) is 46.6 Å². The van der Waals surface area contributed by atoms with Gasteiger partial charge in [-0.3, -0.25) is 4.90 Å². The minimum atomic E-state index is 0.329. The highest BCUT2D eigenvalue weighted by Gasteiger charge is 2.23. The van der Waals surface area contributed by atoms with E-state index in [1.54, 1.807) is 14.2 Å². The van der Waals surface area contributed by atoms with Gasteiger partial charge in [0.1, 0.15) is 0 Å². The molecule has 0 spiro atoms. The number of nitrogen functional groups attached to an aromatic ring is 1. The molecule has 2 aromatic rings. The fraction of sp³-hybridized carbons (Fsp3) is 0.524. The van der Waals surface area contributed by atoms with Crippen LogP contribution in [0, 0.1) is 0 Å². The third kappa shape index (κ3) is 5.33. The molecule has 152 valence electrons. The van der Waals surface area contributed by atoms with Crippen molar-refractivity contribution < 1.29 is 9.47 Å². The van der Waals surface area contributed by atoms with E-state index in [1.165, 1.54) is 18.4 Å². The summed E-state index contributed by atoms with van der Waals surface area (Å²) in [6, 6.07) is 6.72. The van der Waals surface area contributed by atoms with Crippen LogP contribution >= 0.6 is 0 Å². The van der Waals surface area contributed by atoms with Crippen LogP contribution < -0.4 is 15.2 Å². The van der Waals surface area contributed by atoms with E-state index in [9.17, 15) is 0 Å². The summed E-state index contributed by atoms with van der Waals surface area (Å²) in [4.78, 5) is 13.2. The molecule has 0 bridgehead atoms. The van der Waals surface area contributed by atoms with E-state index >= 15 is 0 Å². The lowest BCUT2D eigenvalue weighted by molar-refractivity contribution is 0.112. The van der Waals surface area contributed by atoms with E-state index in [0.29, 0.717) is 12.0 Å². The molecule has 1 saturated heterocycles. The van der Waals surface area contributed by atoms with Crippen molar-refractivity contribution in [3.8, 4) is 11.5 Å². The van der Waals surface area contributed by atoms with Crippen LogP contribution in [0.15, 0.2) is 30.6 Å². The van der Waals surface area contributed by atoms with Crippen molar-refractivity contribution in [3.63, 3.8) is 0 Å². The lowest BCUT2D eigenvalue weighted by atomic mass is 10.0. The Kier molecular flexibility index (Phi) is 7.06. The van der Waals surface area contributed by atoms with Crippen molar-refractivity contribution in [2.24, 2.45) is 0 Å². The Morgan fingerprint density at radius 3 is 2.61 bits per heavy atom. The number of likely N-dealkylation sites (N-methyl/N-ethyl adjacent to an activating group) is 1. The van der Waals surface area contributed by atoms with Crippen LogP contribution in [0.1, 0.15) is 24.0 Å². The molecule has 7 heteroatoms. The van der Waals surface area contributed by atoms with E-state index in [4.69, 9.17) is 15.2 Å². The summed E-state index contributed by atoms with van der Waals surface area (Å²) < 4.78 is 10.7. The standard InChI is InChI=1S/C21H31N5O2/c1-25(10-8-16-6-7-19(27-2)20(11-16)28-3)18-5-4-9-26(15-18)14-17-12-23-21(22)24-13-17/h6-7,11-13,18H,4-5,8-10,14-15H2,1-3H3,(H2,22,23,24). The Morgan fingerprint density at radius 1 is 1.14 bits per heavy atom. The zero-order valence-corrected chi connectivity index (χ0v) is 17.1. The topological polar surface area (TPSA) is 76.7 Å². The van der Waals surface area contributed by atoms with E-state index in [0.717, 1.165) is 49.7 Å². The first kappa shape index (κ1) is 20.4. The smallest absolute Gasteiger partial charge is 0.219 e. The van der Waals surface area contributed by atoms with E-state index < -0.39 is 0 Å². The maximum atomic E-state index is 5.58. The number of benzene rings is 1. The van der Waals surface area contributed by atoms with Crippen LogP contribution in [0.4, 0.5) is 5.95 Å². The second kappa shape index (κ2) is 9.71. The van der Waals surface area contributed by atoms with Gasteiger partial charge in [-0.1, -0.05) is 6.07 Å². The average molecular weight is 386 g/mol. The first-order valence-corrected chi connectivity index (χ1v) is 9.79. The number of anilines is 1. The molecule has 28 heavy (non-hydrogen) atoms. The lowest BCUT2D eigenvalue weighted by Gasteiger charge is -2.37. The van der Waals surface area contributed by atoms with Crippen LogP contribution in [0.2, 0.25) is 0 Å². The number of hydrogen-bond donors (Lipinski definition) is 1. The van der Waals surface area contributed by atoms with Gasteiger partial charge in [0.15, 0.2) is 11.5 Å². The Balaban J connectivity index is 1.52. The Bertz CT molecular complexity index is 753. The van der Waals surface area contributed by atoms with Crippen molar-refractivity contribution in [1.29, 1.82) is 0 Å². The molecular weight excluding hydrogens is 354 g/mol. The second-order valence-corrected chi connectivity index (χ2v) is 7.40. The Morgan fingerprint density at radius 2 is 1.89 bits per heavy atom. The molecule has 2 N–H and O–H groups in total. The third-order valence-electron chi connectivity index (χ3n) is 5.44. The molecule has 0 saturated carbocycles. The van der Waals surface area contributed by atoms with Gasteiger partial charge in [-0.25, -0.2) is 9.97 Å². The minimum Gasteiger partial charge on any atom is -0.493 e. The first-order chi connectivity index (χ1) is 13.6. The van der Waals surface area contributed by atoms with Gasteiger partial charge in [0.2, 0.25) is 5.95 Å². The van der Waals surface area contributed by atoms with E-state index in [2.05, 4.69) is 38.9 Å². The highest BCUT2D eigenvalue weighted by atomic mass is 16.5. The SMILES string of the molecule is COc1ccc(CCN(C)C2CCCN(Cc3cnc(N)nc3)C2)cc1OC. The highest BCUT2D eigenvalue weighted by Crippen LogP contribution is 2.28. The van der Waals surface area contributed by atoms with Gasteiger partial charge in [-0.05, 0) is 50.6 Å². The highest BCUT2D eigenvalue weighted by molar-refractivity contribution is 5.42. The van der Waals surface area contributed by atoms with Crippen LogP contribution in [0.25, 0.3) is 0 Å². The van der Waals surface area contributed by atoms with Crippen LogP contribution in [0.5, 0.6) is 11.5 Å². The molecule has 1 fully saturated rings. The third-order valence-corrected chi connectivity index (χ3v) is 5.44. The number of piperidine rings is 1. The molecule has 0 radical (unpaired) electrons. The molecule has 2 heterocycles. The number of rotatable bonds is 8. The number of nitrogens with two attached hydrogens (primary N) is 1. The van der Waals surface area contributed by atoms with E-state index in [1.807, 2.05) is 18.5 Å². The quantitative estimate of drug-likeness (QED) is 0.746. The van der Waals surface area contributed by atoms with Gasteiger partial charge in [0.25, 0.3) is 0 Å². The van der Waals surface area contributed by atoms with Crippen LogP contribution in [0.3, 0.4) is 0 Å². The maximum absolute atomic E-state index is 5.58. The van der Waals surface area contributed by atoms with Gasteiger partial charge in [0.05, 0.1) is 14.2 Å². The normalized spacial score (nSPS) is 17.6. The molecular formula is C21H31N5O2. The summed E-state index contributed by atoms with van der Waals surface area (Å²) in [5.74, 6) is 1.89. The van der Waals surface area contributed by atoms with E-state index in [-0.39, 0.29) is 0 Å². The van der Waals surface area contributed by atoms with Gasteiger partial charge in [-0.2, -0.15) is 0 Å². The van der Waals surface area contributed by atoms with Crippen molar-refractivity contribution in [1.82, 2.24) is 19.8 Å². The fourth-order valence-corrected chi connectivity index (χ4v) is 3.76. The molecule has 0 aliphatic carbocycles. The van der Waals surface area contributed by atoms with Crippen molar-refractivity contribution in [3.05, 3.63) is 41.7 Å². The fourth-order valence-electron chi connectivity index (χ4n) is 3.76. The zero-order valence-electron chi connectivity index (χ0n) is 17.1. The molecule has 1 aliphatic rings. The molecule has 1 atom stereocenters. The first-order valence-electron chi connectivity index (χ1n) is 9.79. The number of hydrogen-bond acceptors (Lipinski definition) is 7. The summed E-state index contributed by atoms with van der Waals surface area (Å²) in [5.41, 5.74) is 7.95. The molecule has 3 rings (SSSR count).